The molecule has 5 heteroatoms. The van der Waals surface area contributed by atoms with Crippen molar-refractivity contribution < 1.29 is 9.47 Å². The number of aromatic nitrogens is 1. The highest BCUT2D eigenvalue weighted by atomic mass is 32.1. The molecule has 112 valence electrons. The first-order chi connectivity index (χ1) is 10.3. The van der Waals surface area contributed by atoms with E-state index in [4.69, 9.17) is 9.47 Å². The maximum atomic E-state index is 5.75. The Morgan fingerprint density at radius 3 is 3.14 bits per heavy atom. The molecule has 0 radical (unpaired) electrons. The van der Waals surface area contributed by atoms with E-state index in [-0.39, 0.29) is 12.1 Å². The number of hydrogen-bond donors (Lipinski definition) is 1. The predicted octanol–water partition coefficient (Wildman–Crippen LogP) is 3.72. The minimum atomic E-state index is 0.276. The van der Waals surface area contributed by atoms with Crippen molar-refractivity contribution in [3.8, 4) is 11.5 Å². The van der Waals surface area contributed by atoms with Crippen molar-refractivity contribution in [2.45, 2.75) is 31.8 Å². The lowest BCUT2D eigenvalue weighted by atomic mass is 9.99. The standard InChI is InChI=1S/C16H20N2O2S/c1-3-13(16-17-7-9-21-16)18-14-6-8-20-15-5-4-11(19-2)10-12(14)15/h4-5,7,9-10,13-14,18H,3,6,8H2,1-2H3. The van der Waals surface area contributed by atoms with Crippen LogP contribution in [0.4, 0.5) is 0 Å². The molecule has 1 aromatic heterocycles. The third-order valence-corrected chi connectivity index (χ3v) is 4.71. The summed E-state index contributed by atoms with van der Waals surface area (Å²) in [6.45, 7) is 2.93. The Morgan fingerprint density at radius 1 is 1.52 bits per heavy atom. The first-order valence-electron chi connectivity index (χ1n) is 7.28. The van der Waals surface area contributed by atoms with Crippen LogP contribution in [0.3, 0.4) is 0 Å². The van der Waals surface area contributed by atoms with Crippen molar-refractivity contribution in [3.05, 3.63) is 40.3 Å². The van der Waals surface area contributed by atoms with Crippen LogP contribution in [0.1, 0.15) is 42.4 Å². The molecule has 0 amide bonds. The quantitative estimate of drug-likeness (QED) is 0.914. The average molecular weight is 304 g/mol. The number of hydrogen-bond acceptors (Lipinski definition) is 5. The van der Waals surface area contributed by atoms with Gasteiger partial charge in [-0.25, -0.2) is 4.98 Å². The second-order valence-electron chi connectivity index (χ2n) is 5.09. The van der Waals surface area contributed by atoms with E-state index in [0.29, 0.717) is 0 Å². The van der Waals surface area contributed by atoms with E-state index >= 15 is 0 Å². The van der Waals surface area contributed by atoms with E-state index < -0.39 is 0 Å². The zero-order chi connectivity index (χ0) is 14.7. The molecule has 21 heavy (non-hydrogen) atoms. The number of nitrogens with zero attached hydrogens (tertiary/aromatic N) is 1. The highest BCUT2D eigenvalue weighted by Gasteiger charge is 2.25. The van der Waals surface area contributed by atoms with Crippen molar-refractivity contribution in [2.75, 3.05) is 13.7 Å². The summed E-state index contributed by atoms with van der Waals surface area (Å²) in [6.07, 6.45) is 3.84. The molecule has 4 nitrogen and oxygen atoms in total. The van der Waals surface area contributed by atoms with E-state index in [1.54, 1.807) is 18.4 Å². The SMILES string of the molecule is CCC(NC1CCOc2ccc(OC)cc21)c1nccs1. The van der Waals surface area contributed by atoms with E-state index in [1.807, 2.05) is 23.7 Å². The first kappa shape index (κ1) is 14.4. The molecule has 1 aliphatic rings. The van der Waals surface area contributed by atoms with E-state index in [9.17, 15) is 0 Å². The van der Waals surface area contributed by atoms with E-state index in [2.05, 4.69) is 23.3 Å². The summed E-state index contributed by atoms with van der Waals surface area (Å²) in [6, 6.07) is 6.57. The van der Waals surface area contributed by atoms with Crippen LogP contribution < -0.4 is 14.8 Å². The summed E-state index contributed by atoms with van der Waals surface area (Å²) in [5, 5.41) is 6.90. The zero-order valence-electron chi connectivity index (χ0n) is 12.3. The highest BCUT2D eigenvalue weighted by molar-refractivity contribution is 7.09. The average Bonchev–Trinajstić information content (AvgIpc) is 3.06. The van der Waals surface area contributed by atoms with Gasteiger partial charge in [-0.2, -0.15) is 0 Å². The van der Waals surface area contributed by atoms with Crippen molar-refractivity contribution in [1.82, 2.24) is 10.3 Å². The second-order valence-corrected chi connectivity index (χ2v) is 6.02. The third-order valence-electron chi connectivity index (χ3n) is 3.82. The summed E-state index contributed by atoms with van der Waals surface area (Å²) in [4.78, 5) is 4.44. The molecule has 2 aromatic rings. The van der Waals surface area contributed by atoms with Crippen molar-refractivity contribution in [3.63, 3.8) is 0 Å². The molecule has 1 aliphatic heterocycles. The molecule has 2 unspecified atom stereocenters. The van der Waals surface area contributed by atoms with Gasteiger partial charge < -0.3 is 14.8 Å². The maximum Gasteiger partial charge on any atom is 0.124 e. The van der Waals surface area contributed by atoms with E-state index in [0.717, 1.165) is 36.0 Å². The topological polar surface area (TPSA) is 43.4 Å². The lowest BCUT2D eigenvalue weighted by molar-refractivity contribution is 0.242. The predicted molar refractivity (Wildman–Crippen MR) is 84.1 cm³/mol. The van der Waals surface area contributed by atoms with Gasteiger partial charge in [-0.15, -0.1) is 11.3 Å². The van der Waals surface area contributed by atoms with Gasteiger partial charge in [0.15, 0.2) is 0 Å². The van der Waals surface area contributed by atoms with Crippen LogP contribution >= 0.6 is 11.3 Å². The summed E-state index contributed by atoms with van der Waals surface area (Å²) >= 11 is 1.70. The maximum absolute atomic E-state index is 5.75. The van der Waals surface area contributed by atoms with E-state index in [1.165, 1.54) is 5.56 Å². The lowest BCUT2D eigenvalue weighted by Gasteiger charge is -2.30. The van der Waals surface area contributed by atoms with Gasteiger partial charge in [0.2, 0.25) is 0 Å². The Labute approximate surface area is 129 Å². The number of fused-ring (bicyclic) bond motifs is 1. The summed E-state index contributed by atoms with van der Waals surface area (Å²) in [7, 11) is 1.69. The summed E-state index contributed by atoms with van der Waals surface area (Å²) < 4.78 is 11.1. The van der Waals surface area contributed by atoms with Gasteiger partial charge in [0.05, 0.1) is 19.8 Å². The fraction of sp³-hybridized carbons (Fsp3) is 0.438. The molecule has 3 rings (SSSR count). The van der Waals surface area contributed by atoms with Crippen LogP contribution in [0, 0.1) is 0 Å². The van der Waals surface area contributed by atoms with Crippen LogP contribution in [-0.2, 0) is 0 Å². The molecule has 0 fully saturated rings. The third kappa shape index (κ3) is 3.04. The molecule has 2 atom stereocenters. The number of benzene rings is 1. The van der Waals surface area contributed by atoms with Crippen molar-refractivity contribution >= 4 is 11.3 Å². The molecule has 0 saturated carbocycles. The first-order valence-corrected chi connectivity index (χ1v) is 8.16. The largest absolute Gasteiger partial charge is 0.497 e. The van der Waals surface area contributed by atoms with Gasteiger partial charge in [-0.3, -0.25) is 0 Å². The van der Waals surface area contributed by atoms with Crippen LogP contribution in [0.25, 0.3) is 0 Å². The van der Waals surface area contributed by atoms with Gasteiger partial charge in [0.25, 0.3) is 0 Å². The molecule has 0 saturated heterocycles. The normalized spacial score (nSPS) is 18.7. The number of thiazole rings is 1. The van der Waals surface area contributed by atoms with Crippen LogP contribution in [0.5, 0.6) is 11.5 Å². The number of nitrogens with one attached hydrogen (secondary N) is 1. The highest BCUT2D eigenvalue weighted by Crippen LogP contribution is 2.36. The Morgan fingerprint density at radius 2 is 2.43 bits per heavy atom. The molecule has 0 spiro atoms. The smallest absolute Gasteiger partial charge is 0.124 e. The van der Waals surface area contributed by atoms with Crippen molar-refractivity contribution in [2.24, 2.45) is 0 Å². The van der Waals surface area contributed by atoms with Gasteiger partial charge in [-0.1, -0.05) is 6.92 Å². The Bertz CT molecular complexity index is 586. The Balaban J connectivity index is 1.84. The lowest BCUT2D eigenvalue weighted by Crippen LogP contribution is -2.30. The minimum absolute atomic E-state index is 0.276. The minimum Gasteiger partial charge on any atom is -0.497 e. The van der Waals surface area contributed by atoms with Gasteiger partial charge in [-0.05, 0) is 24.6 Å². The fourth-order valence-corrected chi connectivity index (χ4v) is 3.47. The fourth-order valence-electron chi connectivity index (χ4n) is 2.69. The molecule has 1 aromatic carbocycles. The van der Waals surface area contributed by atoms with Gasteiger partial charge >= 0.3 is 0 Å². The molecule has 0 aliphatic carbocycles. The number of methoxy groups -OCH3 is 1. The molecule has 1 N–H and O–H groups in total. The summed E-state index contributed by atoms with van der Waals surface area (Å²) in [5.74, 6) is 1.82. The monoisotopic (exact) mass is 304 g/mol. The molecular formula is C16H20N2O2S. The van der Waals surface area contributed by atoms with Crippen LogP contribution in [0.15, 0.2) is 29.8 Å². The van der Waals surface area contributed by atoms with Crippen LogP contribution in [0.2, 0.25) is 0 Å². The molecule has 0 bridgehead atoms. The molecule has 2 heterocycles. The zero-order valence-corrected chi connectivity index (χ0v) is 13.2. The summed E-state index contributed by atoms with van der Waals surface area (Å²) in [5.41, 5.74) is 1.18. The van der Waals surface area contributed by atoms with Crippen LogP contribution in [-0.4, -0.2) is 18.7 Å². The Hall–Kier alpha value is -1.59. The Kier molecular flexibility index (Phi) is 4.41. The number of ether oxygens (including phenoxy) is 2. The molecular weight excluding hydrogens is 284 g/mol. The van der Waals surface area contributed by atoms with Gasteiger partial charge in [0.1, 0.15) is 16.5 Å². The second kappa shape index (κ2) is 6.45. The number of rotatable bonds is 5. The van der Waals surface area contributed by atoms with Crippen molar-refractivity contribution in [1.29, 1.82) is 0 Å². The van der Waals surface area contributed by atoms with Gasteiger partial charge in [0, 0.05) is 29.6 Å².